The van der Waals surface area contributed by atoms with Crippen LogP contribution in [0.15, 0.2) is 439 Å². The molecule has 0 atom stereocenters. The summed E-state index contributed by atoms with van der Waals surface area (Å²) in [5.74, 6) is 3.91. The van der Waals surface area contributed by atoms with Crippen LogP contribution < -0.4 is 19.6 Å². The molecule has 18 aromatic carbocycles. The molecule has 0 N–H and O–H groups in total. The number of hydrogen-bond acceptors (Lipinski definition) is 10. The highest BCUT2D eigenvalue weighted by Gasteiger charge is 2.53. The lowest BCUT2D eigenvalue weighted by Crippen LogP contribution is -2.23. The fourth-order valence-electron chi connectivity index (χ4n) is 23.5. The standard InChI is InChI=1S/C70H50N2O3.C58H42N2O3/c1-69(2)57-41-47(71(59-27-15-11-23-49(59)43-19-7-5-8-20-43)45-33-37-63-55(39-45)51-25-13-17-29-61(51)73-63)31-35-53(57)67-65(69)66-68(75-67)54-36-32-48(42-58(54)70(66,3)4)72(60-28-16-12-24-50(60)44-21-9-6-10-22-44)46-34-38-64-56(40-46)52-26-14-18-30-62(52)74-64;1-57(2)47-33-39(59(35-15-7-5-8-16-35)37-25-29-51-45(31-37)41-19-11-13-21-49(41)61-51)23-27-43(47)55-53(57)54-56(63-55)44-28-24-40(34-48(44)58(54,3)4)60(36-17-9-6-10-18-36)38-26-30-52-46(32-38)42-20-12-14-22-50(42)62-52/h5-42H,1-4H3;5-34H,1-4H3. The number of anilines is 12. The van der Waals surface area contributed by atoms with Crippen LogP contribution in [0.25, 0.3) is 155 Å². The van der Waals surface area contributed by atoms with Crippen molar-refractivity contribution in [3.05, 3.63) is 457 Å². The van der Waals surface area contributed by atoms with Crippen molar-refractivity contribution in [2.75, 3.05) is 19.6 Å². The van der Waals surface area contributed by atoms with Gasteiger partial charge in [0, 0.05) is 177 Å². The summed E-state index contributed by atoms with van der Waals surface area (Å²) in [6, 6.07) is 147. The Morgan fingerprint density at radius 2 is 0.377 bits per heavy atom. The largest absolute Gasteiger partial charge is 0.456 e. The molecule has 0 saturated heterocycles. The van der Waals surface area contributed by atoms with E-state index in [0.717, 1.165) is 224 Å². The van der Waals surface area contributed by atoms with Crippen LogP contribution in [0.1, 0.15) is 99.9 Å². The average Bonchev–Trinajstić information content (AvgIpc) is 1.52. The minimum Gasteiger partial charge on any atom is -0.456 e. The second-order valence-corrected chi connectivity index (χ2v) is 39.3. The zero-order valence-corrected chi connectivity index (χ0v) is 77.5. The van der Waals surface area contributed by atoms with Gasteiger partial charge in [-0.1, -0.05) is 262 Å². The molecule has 24 aromatic rings. The van der Waals surface area contributed by atoms with Gasteiger partial charge in [0.2, 0.25) is 0 Å². The van der Waals surface area contributed by atoms with E-state index in [-0.39, 0.29) is 10.8 Å². The summed E-state index contributed by atoms with van der Waals surface area (Å²) in [7, 11) is 0. The Morgan fingerprint density at radius 1 is 0.159 bits per heavy atom. The highest BCUT2D eigenvalue weighted by molar-refractivity contribution is 6.12. The molecule has 0 radical (unpaired) electrons. The molecule has 4 aliphatic rings. The molecule has 0 bridgehead atoms. The highest BCUT2D eigenvalue weighted by atomic mass is 16.4. The van der Waals surface area contributed by atoms with Crippen LogP contribution in [0, 0.1) is 0 Å². The minimum atomic E-state index is -0.390. The first-order chi connectivity index (χ1) is 67.4. The molecule has 6 heterocycles. The van der Waals surface area contributed by atoms with Crippen molar-refractivity contribution in [1.29, 1.82) is 0 Å². The van der Waals surface area contributed by atoms with Gasteiger partial charge in [0.1, 0.15) is 67.7 Å². The summed E-state index contributed by atoms with van der Waals surface area (Å²) in [5.41, 5.74) is 37.9. The summed E-state index contributed by atoms with van der Waals surface area (Å²) in [5, 5.41) is 8.81. The zero-order valence-electron chi connectivity index (χ0n) is 77.5. The quantitative estimate of drug-likeness (QED) is 0.105. The van der Waals surface area contributed by atoms with E-state index in [1.165, 1.54) is 44.5 Å². The van der Waals surface area contributed by atoms with E-state index >= 15 is 0 Å². The zero-order chi connectivity index (χ0) is 92.3. The van der Waals surface area contributed by atoms with Gasteiger partial charge in [0.05, 0.1) is 11.4 Å². The SMILES string of the molecule is CC1(C)c2cc(N(c3ccc4oc5ccccc5c4c3)c3ccccc3-c3ccccc3)ccc2-c2oc3c(c21)C(C)(C)c1cc(N(c2ccc4oc5ccccc5c4c2)c2ccccc2-c2ccccc2)ccc1-3.CC1(C)c2cc(N(c3ccccc3)c3ccc4oc5ccccc5c4c3)ccc2-c2oc3c(c21)C(C)(C)c1cc(N(c2ccccc2)c2ccc4oc5ccccc5c4c2)ccc1-3. The fourth-order valence-corrected chi connectivity index (χ4v) is 23.5. The fraction of sp³-hybridized carbons (Fsp3) is 0.0938. The molecule has 4 aliphatic carbocycles. The first-order valence-corrected chi connectivity index (χ1v) is 47.6. The smallest absolute Gasteiger partial charge is 0.139 e. The Balaban J connectivity index is 0.000000141. The number of fused-ring (bicyclic) bond motifs is 26. The topological polar surface area (TPSA) is 91.8 Å². The van der Waals surface area contributed by atoms with Gasteiger partial charge >= 0.3 is 0 Å². The number of nitrogens with zero attached hydrogens (tertiary/aromatic N) is 4. The molecular formula is C128H92N4O6. The summed E-state index contributed by atoms with van der Waals surface area (Å²) in [4.78, 5) is 9.55. The number of hydrogen-bond donors (Lipinski definition) is 0. The van der Waals surface area contributed by atoms with E-state index in [1.54, 1.807) is 0 Å². The van der Waals surface area contributed by atoms with Crippen LogP contribution in [0.3, 0.4) is 0 Å². The van der Waals surface area contributed by atoms with Gasteiger partial charge in [0.15, 0.2) is 0 Å². The van der Waals surface area contributed by atoms with Gasteiger partial charge < -0.3 is 46.1 Å². The first kappa shape index (κ1) is 80.6. The molecule has 0 amide bonds. The molecule has 6 aromatic heterocycles. The third kappa shape index (κ3) is 12.1. The molecule has 10 heteroatoms. The summed E-state index contributed by atoms with van der Waals surface area (Å²) in [6.45, 7) is 19.0. The number of rotatable bonds is 14. The van der Waals surface area contributed by atoms with Crippen LogP contribution >= 0.6 is 0 Å². The van der Waals surface area contributed by atoms with Crippen LogP contribution in [0.5, 0.6) is 0 Å². The molecule has 0 spiro atoms. The van der Waals surface area contributed by atoms with Crippen molar-refractivity contribution in [1.82, 2.24) is 0 Å². The van der Waals surface area contributed by atoms with Crippen molar-refractivity contribution >= 4 is 156 Å². The Labute approximate surface area is 798 Å². The lowest BCUT2D eigenvalue weighted by molar-refractivity contribution is 0.592. The predicted molar refractivity (Wildman–Crippen MR) is 566 cm³/mol. The van der Waals surface area contributed by atoms with Gasteiger partial charge in [0.25, 0.3) is 0 Å². The van der Waals surface area contributed by atoms with Crippen molar-refractivity contribution in [3.63, 3.8) is 0 Å². The normalized spacial score (nSPS) is 14.0. The molecule has 0 unspecified atom stereocenters. The molecule has 0 aliphatic heterocycles. The van der Waals surface area contributed by atoms with Gasteiger partial charge in [-0.25, -0.2) is 0 Å². The van der Waals surface area contributed by atoms with Crippen LogP contribution in [0.4, 0.5) is 68.2 Å². The van der Waals surface area contributed by atoms with E-state index in [0.29, 0.717) is 0 Å². The Morgan fingerprint density at radius 3 is 0.667 bits per heavy atom. The van der Waals surface area contributed by atoms with E-state index < -0.39 is 10.8 Å². The van der Waals surface area contributed by atoms with Gasteiger partial charge in [-0.2, -0.15) is 0 Å². The Bertz CT molecular complexity index is 8610. The van der Waals surface area contributed by atoms with Gasteiger partial charge in [-0.15, -0.1) is 0 Å². The summed E-state index contributed by atoms with van der Waals surface area (Å²) >= 11 is 0. The van der Waals surface area contributed by atoms with Crippen molar-refractivity contribution in [3.8, 4) is 67.5 Å². The molecule has 28 rings (SSSR count). The number of para-hydroxylation sites is 8. The maximum atomic E-state index is 7.30. The first-order valence-electron chi connectivity index (χ1n) is 47.6. The maximum absolute atomic E-state index is 7.30. The third-order valence-electron chi connectivity index (χ3n) is 30.0. The van der Waals surface area contributed by atoms with E-state index in [1.807, 2.05) is 48.5 Å². The minimum absolute atomic E-state index is 0.328. The average molecular weight is 1780 g/mol. The van der Waals surface area contributed by atoms with E-state index in [4.69, 9.17) is 26.5 Å². The van der Waals surface area contributed by atoms with Crippen molar-refractivity contribution in [2.24, 2.45) is 0 Å². The van der Waals surface area contributed by atoms with Gasteiger partial charge in [-0.3, -0.25) is 0 Å². The van der Waals surface area contributed by atoms with Crippen LogP contribution in [0.2, 0.25) is 0 Å². The monoisotopic (exact) mass is 1780 g/mol. The van der Waals surface area contributed by atoms with Crippen molar-refractivity contribution in [2.45, 2.75) is 77.0 Å². The second kappa shape index (κ2) is 30.2. The molecule has 0 saturated carbocycles. The third-order valence-corrected chi connectivity index (χ3v) is 30.0. The van der Waals surface area contributed by atoms with E-state index in [9.17, 15) is 0 Å². The highest BCUT2D eigenvalue weighted by Crippen LogP contribution is 2.66. The van der Waals surface area contributed by atoms with Crippen LogP contribution in [-0.2, 0) is 21.7 Å². The molecule has 10 nitrogen and oxygen atoms in total. The van der Waals surface area contributed by atoms with E-state index in [2.05, 4.69) is 439 Å². The van der Waals surface area contributed by atoms with Gasteiger partial charge in [-0.05, 0) is 240 Å². The molecular weight excluding hydrogens is 1690 g/mol. The predicted octanol–water partition coefficient (Wildman–Crippen LogP) is 36.6. The molecule has 660 valence electrons. The Kier molecular flexibility index (Phi) is 17.6. The van der Waals surface area contributed by atoms with Crippen LogP contribution in [-0.4, -0.2) is 0 Å². The maximum Gasteiger partial charge on any atom is 0.139 e. The van der Waals surface area contributed by atoms with Crippen molar-refractivity contribution < 1.29 is 26.5 Å². The molecule has 0 fully saturated rings. The number of furan rings is 6. The lowest BCUT2D eigenvalue weighted by atomic mass is 9.74. The lowest BCUT2D eigenvalue weighted by Gasteiger charge is -2.31. The summed E-state index contributed by atoms with van der Waals surface area (Å²) in [6.07, 6.45) is 0. The summed E-state index contributed by atoms with van der Waals surface area (Å²) < 4.78 is 39.6. The molecule has 138 heavy (non-hydrogen) atoms. The Hall–Kier alpha value is -17.1. The second-order valence-electron chi connectivity index (χ2n) is 39.3. The number of benzene rings is 18.